The molecule has 0 fully saturated rings. The van der Waals surface area contributed by atoms with Gasteiger partial charge in [-0.15, -0.1) is 0 Å². The predicted molar refractivity (Wildman–Crippen MR) is 95.6 cm³/mol. The average Bonchev–Trinajstić information content (AvgIpc) is 2.60. The summed E-state index contributed by atoms with van der Waals surface area (Å²) in [7, 11) is 1.56. The summed E-state index contributed by atoms with van der Waals surface area (Å²) in [6.45, 7) is 0. The zero-order chi connectivity index (χ0) is 18.1. The number of carbonyl (C=O) groups excluding carboxylic acids is 1. The van der Waals surface area contributed by atoms with Gasteiger partial charge in [0.2, 0.25) is 5.91 Å². The van der Waals surface area contributed by atoms with Crippen molar-refractivity contribution in [2.75, 3.05) is 7.11 Å². The second kappa shape index (κ2) is 9.47. The second-order valence-electron chi connectivity index (χ2n) is 5.88. The molecule has 2 aromatic carbocycles. The van der Waals surface area contributed by atoms with Crippen LogP contribution in [0.5, 0.6) is 5.75 Å². The van der Waals surface area contributed by atoms with Crippen LogP contribution in [0.4, 0.5) is 0 Å². The summed E-state index contributed by atoms with van der Waals surface area (Å²) in [5.41, 5.74) is 1.90. The molecule has 132 valence electrons. The molecule has 0 spiro atoms. The Labute approximate surface area is 147 Å². The lowest BCUT2D eigenvalue weighted by atomic mass is 10.0. The van der Waals surface area contributed by atoms with Gasteiger partial charge in [-0.2, -0.15) is 0 Å². The van der Waals surface area contributed by atoms with Gasteiger partial charge < -0.3 is 15.2 Å². The molecular weight excluding hydrogens is 318 g/mol. The predicted octanol–water partition coefficient (Wildman–Crippen LogP) is 2.83. The van der Waals surface area contributed by atoms with Crippen molar-refractivity contribution in [3.63, 3.8) is 0 Å². The average molecular weight is 341 g/mol. The van der Waals surface area contributed by atoms with Gasteiger partial charge in [0.15, 0.2) is 0 Å². The molecule has 0 saturated carbocycles. The second-order valence-corrected chi connectivity index (χ2v) is 5.88. The molecule has 0 aromatic heterocycles. The zero-order valence-corrected chi connectivity index (χ0v) is 14.3. The lowest BCUT2D eigenvalue weighted by Gasteiger charge is -2.17. The Morgan fingerprint density at radius 3 is 2.44 bits per heavy atom. The summed E-state index contributed by atoms with van der Waals surface area (Å²) >= 11 is 0. The molecule has 5 heteroatoms. The number of carboxylic acids is 1. The summed E-state index contributed by atoms with van der Waals surface area (Å²) in [6.07, 6.45) is 1.36. The third kappa shape index (κ3) is 6.30. The zero-order valence-electron chi connectivity index (χ0n) is 14.3. The van der Waals surface area contributed by atoms with E-state index >= 15 is 0 Å². The molecule has 0 saturated heterocycles. The fourth-order valence-electron chi connectivity index (χ4n) is 2.72. The third-order valence-electron chi connectivity index (χ3n) is 3.95. The van der Waals surface area contributed by atoms with Crippen molar-refractivity contribution < 1.29 is 19.4 Å². The van der Waals surface area contributed by atoms with E-state index in [1.807, 2.05) is 48.5 Å². The number of para-hydroxylation sites is 1. The molecule has 0 aliphatic rings. The van der Waals surface area contributed by atoms with E-state index in [1.165, 1.54) is 0 Å². The van der Waals surface area contributed by atoms with Crippen molar-refractivity contribution in [1.29, 1.82) is 0 Å². The van der Waals surface area contributed by atoms with E-state index in [1.54, 1.807) is 13.2 Å². The van der Waals surface area contributed by atoms with Crippen LogP contribution in [0, 0.1) is 0 Å². The molecule has 5 nitrogen and oxygen atoms in total. The standard InChI is InChI=1S/C20H23NO4/c1-25-18-10-6-5-9-16(18)13-19(22)21-17(14-20(23)24)12-11-15-7-3-2-4-8-15/h2-10,17H,11-14H2,1H3,(H,21,22)(H,23,24). The lowest BCUT2D eigenvalue weighted by Crippen LogP contribution is -2.37. The van der Waals surface area contributed by atoms with Gasteiger partial charge in [0, 0.05) is 11.6 Å². The smallest absolute Gasteiger partial charge is 0.305 e. The van der Waals surface area contributed by atoms with Crippen molar-refractivity contribution >= 4 is 11.9 Å². The number of aryl methyl sites for hydroxylation is 1. The summed E-state index contributed by atoms with van der Waals surface area (Å²) < 4.78 is 5.25. The van der Waals surface area contributed by atoms with Gasteiger partial charge in [0.05, 0.1) is 20.0 Å². The number of amides is 1. The molecule has 2 rings (SSSR count). The maximum atomic E-state index is 12.3. The number of aliphatic carboxylic acids is 1. The first kappa shape index (κ1) is 18.5. The molecule has 1 atom stereocenters. The number of rotatable bonds is 9. The van der Waals surface area contributed by atoms with Gasteiger partial charge in [0.25, 0.3) is 0 Å². The van der Waals surface area contributed by atoms with Gasteiger partial charge in [-0.1, -0.05) is 48.5 Å². The highest BCUT2D eigenvalue weighted by Crippen LogP contribution is 2.18. The Morgan fingerprint density at radius 2 is 1.76 bits per heavy atom. The minimum Gasteiger partial charge on any atom is -0.496 e. The molecule has 0 aliphatic carbocycles. The number of hydrogen-bond donors (Lipinski definition) is 2. The number of nitrogens with one attached hydrogen (secondary N) is 1. The van der Waals surface area contributed by atoms with Crippen molar-refractivity contribution in [2.24, 2.45) is 0 Å². The van der Waals surface area contributed by atoms with E-state index < -0.39 is 12.0 Å². The van der Waals surface area contributed by atoms with Crippen molar-refractivity contribution in [3.05, 3.63) is 65.7 Å². The van der Waals surface area contributed by atoms with Crippen LogP contribution in [0.15, 0.2) is 54.6 Å². The molecule has 2 aromatic rings. The monoisotopic (exact) mass is 341 g/mol. The minimum absolute atomic E-state index is 0.0928. The molecule has 0 radical (unpaired) electrons. The van der Waals surface area contributed by atoms with E-state index in [4.69, 9.17) is 9.84 Å². The van der Waals surface area contributed by atoms with Gasteiger partial charge in [-0.25, -0.2) is 0 Å². The fraction of sp³-hybridized carbons (Fsp3) is 0.300. The van der Waals surface area contributed by atoms with Crippen LogP contribution in [-0.2, 0) is 22.4 Å². The van der Waals surface area contributed by atoms with Crippen LogP contribution in [0.3, 0.4) is 0 Å². The number of hydrogen-bond acceptors (Lipinski definition) is 3. The Bertz CT molecular complexity index is 700. The lowest BCUT2D eigenvalue weighted by molar-refractivity contribution is -0.137. The maximum absolute atomic E-state index is 12.3. The molecule has 2 N–H and O–H groups in total. The fourth-order valence-corrected chi connectivity index (χ4v) is 2.72. The highest BCUT2D eigenvalue weighted by Gasteiger charge is 2.17. The molecule has 0 aliphatic heterocycles. The van der Waals surface area contributed by atoms with Crippen LogP contribution < -0.4 is 10.1 Å². The molecule has 0 bridgehead atoms. The van der Waals surface area contributed by atoms with Crippen LogP contribution >= 0.6 is 0 Å². The maximum Gasteiger partial charge on any atom is 0.305 e. The van der Waals surface area contributed by atoms with Gasteiger partial charge in [0.1, 0.15) is 5.75 Å². The van der Waals surface area contributed by atoms with Gasteiger partial charge in [-0.05, 0) is 24.5 Å². The van der Waals surface area contributed by atoms with E-state index in [-0.39, 0.29) is 18.7 Å². The Morgan fingerprint density at radius 1 is 1.08 bits per heavy atom. The Hall–Kier alpha value is -2.82. The van der Waals surface area contributed by atoms with E-state index in [9.17, 15) is 9.59 Å². The first-order valence-electron chi connectivity index (χ1n) is 8.25. The van der Waals surface area contributed by atoms with E-state index in [2.05, 4.69) is 5.32 Å². The minimum atomic E-state index is -0.921. The SMILES string of the molecule is COc1ccccc1CC(=O)NC(CCc1ccccc1)CC(=O)O. The summed E-state index contributed by atoms with van der Waals surface area (Å²) in [5, 5.41) is 11.9. The van der Waals surface area contributed by atoms with Gasteiger partial charge in [-0.3, -0.25) is 9.59 Å². The number of benzene rings is 2. The summed E-state index contributed by atoms with van der Waals surface area (Å²) in [4.78, 5) is 23.4. The molecule has 0 heterocycles. The molecule has 25 heavy (non-hydrogen) atoms. The number of ether oxygens (including phenoxy) is 1. The highest BCUT2D eigenvalue weighted by atomic mass is 16.5. The van der Waals surface area contributed by atoms with Crippen LogP contribution in [0.1, 0.15) is 24.0 Å². The van der Waals surface area contributed by atoms with Gasteiger partial charge >= 0.3 is 5.97 Å². The number of methoxy groups -OCH3 is 1. The van der Waals surface area contributed by atoms with Crippen LogP contribution in [0.25, 0.3) is 0 Å². The molecular formula is C20H23NO4. The molecule has 1 unspecified atom stereocenters. The van der Waals surface area contributed by atoms with Crippen molar-refractivity contribution in [1.82, 2.24) is 5.32 Å². The number of carboxylic acid groups (broad SMARTS) is 1. The Balaban J connectivity index is 1.95. The van der Waals surface area contributed by atoms with Crippen LogP contribution in [0.2, 0.25) is 0 Å². The first-order chi connectivity index (χ1) is 12.1. The highest BCUT2D eigenvalue weighted by molar-refractivity contribution is 5.80. The summed E-state index contributed by atoms with van der Waals surface area (Å²) in [5.74, 6) is -0.476. The van der Waals surface area contributed by atoms with Crippen molar-refractivity contribution in [2.45, 2.75) is 31.7 Å². The summed E-state index contributed by atoms with van der Waals surface area (Å²) in [6, 6.07) is 16.7. The molecule has 1 amide bonds. The topological polar surface area (TPSA) is 75.6 Å². The Kier molecular flexibility index (Phi) is 7.01. The first-order valence-corrected chi connectivity index (χ1v) is 8.25. The quantitative estimate of drug-likeness (QED) is 0.735. The normalized spacial score (nSPS) is 11.6. The van der Waals surface area contributed by atoms with E-state index in [0.29, 0.717) is 18.6 Å². The van der Waals surface area contributed by atoms with Crippen LogP contribution in [-0.4, -0.2) is 30.1 Å². The largest absolute Gasteiger partial charge is 0.496 e. The number of carbonyl (C=O) groups is 2. The van der Waals surface area contributed by atoms with Crippen molar-refractivity contribution in [3.8, 4) is 5.75 Å². The van der Waals surface area contributed by atoms with E-state index in [0.717, 1.165) is 11.1 Å². The third-order valence-corrected chi connectivity index (χ3v) is 3.95.